The number of benzene rings is 2. The molecule has 2 heterocycles. The minimum atomic E-state index is -5.09. The first kappa shape index (κ1) is 24.4. The van der Waals surface area contributed by atoms with E-state index in [9.17, 15) is 30.8 Å². The number of amides is 1. The van der Waals surface area contributed by atoms with Crippen molar-refractivity contribution in [2.45, 2.75) is 23.2 Å². The number of hydrogen-bond acceptors (Lipinski definition) is 6. The van der Waals surface area contributed by atoms with Crippen LogP contribution < -0.4 is 19.9 Å². The summed E-state index contributed by atoms with van der Waals surface area (Å²) < 4.78 is 84.7. The molecule has 35 heavy (non-hydrogen) atoms. The Labute approximate surface area is 196 Å². The summed E-state index contributed by atoms with van der Waals surface area (Å²) in [5.74, 6) is -2.72. The Bertz CT molecular complexity index is 1380. The fourth-order valence-electron chi connectivity index (χ4n) is 3.77. The largest absolute Gasteiger partial charge is 0.573 e. The first-order valence-electron chi connectivity index (χ1n) is 9.98. The number of alkyl halides is 3. The zero-order valence-electron chi connectivity index (χ0n) is 17.7. The minimum absolute atomic E-state index is 0.0539. The molecule has 1 atom stereocenters. The number of nitrogens with one attached hydrogen (secondary N) is 1. The number of nitrogens with zero attached hydrogens (tertiary/aromatic N) is 1. The number of carbonyl (C=O) groups is 1. The normalized spacial score (nSPS) is 17.7. The fourth-order valence-corrected chi connectivity index (χ4v) is 4.29. The second-order valence-electron chi connectivity index (χ2n) is 7.57. The standard InChI is InChI=1S/C22H17F4N3O5S/c23-16-12-14(5-8-17(16)34-22(24,25)26)21(9-11-33-18-2-1-10-28-19(18)21)29-20(30)13-3-6-15(7-4-13)35(27,31)32/h1-8,10,12H,9,11H2,(H,29,30)(H2,27,31,32)/t21-/m0/s1. The van der Waals surface area contributed by atoms with Crippen LogP contribution in [0.2, 0.25) is 0 Å². The molecule has 3 aromatic rings. The van der Waals surface area contributed by atoms with Crippen LogP contribution in [0.5, 0.6) is 11.5 Å². The zero-order valence-corrected chi connectivity index (χ0v) is 18.5. The number of carbonyl (C=O) groups excluding carboxylic acids is 1. The topological polar surface area (TPSA) is 121 Å². The number of fused-ring (bicyclic) bond motifs is 1. The van der Waals surface area contributed by atoms with Gasteiger partial charge in [0, 0.05) is 18.2 Å². The maximum atomic E-state index is 14.6. The van der Waals surface area contributed by atoms with Gasteiger partial charge in [0.15, 0.2) is 11.6 Å². The van der Waals surface area contributed by atoms with Gasteiger partial charge < -0.3 is 14.8 Å². The summed E-state index contributed by atoms with van der Waals surface area (Å²) >= 11 is 0. The molecule has 4 rings (SSSR count). The summed E-state index contributed by atoms with van der Waals surface area (Å²) in [7, 11) is -3.98. The lowest BCUT2D eigenvalue weighted by atomic mass is 9.81. The molecule has 1 aromatic heterocycles. The molecule has 184 valence electrons. The van der Waals surface area contributed by atoms with Crippen molar-refractivity contribution < 1.29 is 40.2 Å². The summed E-state index contributed by atoms with van der Waals surface area (Å²) in [6.45, 7) is 0.0751. The van der Waals surface area contributed by atoms with Gasteiger partial charge in [-0.25, -0.2) is 17.9 Å². The van der Waals surface area contributed by atoms with Crippen molar-refractivity contribution in [3.05, 3.63) is 83.4 Å². The molecule has 8 nitrogen and oxygen atoms in total. The van der Waals surface area contributed by atoms with Gasteiger partial charge >= 0.3 is 6.36 Å². The maximum Gasteiger partial charge on any atom is 0.573 e. The second kappa shape index (κ2) is 8.82. The molecule has 0 spiro atoms. The molecule has 0 unspecified atom stereocenters. The third-order valence-corrected chi connectivity index (χ3v) is 6.26. The summed E-state index contributed by atoms with van der Waals surface area (Å²) in [4.78, 5) is 17.3. The van der Waals surface area contributed by atoms with Crippen molar-refractivity contribution in [1.29, 1.82) is 0 Å². The first-order chi connectivity index (χ1) is 16.4. The van der Waals surface area contributed by atoms with Crippen LogP contribution in [-0.2, 0) is 15.6 Å². The highest BCUT2D eigenvalue weighted by atomic mass is 32.2. The molecule has 3 N–H and O–H groups in total. The van der Waals surface area contributed by atoms with Crippen LogP contribution in [0.25, 0.3) is 0 Å². The van der Waals surface area contributed by atoms with Gasteiger partial charge in [-0.1, -0.05) is 6.07 Å². The number of ether oxygens (including phenoxy) is 2. The molecular formula is C22H17F4N3O5S. The van der Waals surface area contributed by atoms with E-state index in [1.54, 1.807) is 12.1 Å². The number of halogens is 4. The average molecular weight is 511 g/mol. The molecule has 0 radical (unpaired) electrons. The van der Waals surface area contributed by atoms with Crippen LogP contribution in [0, 0.1) is 5.82 Å². The van der Waals surface area contributed by atoms with Crippen LogP contribution >= 0.6 is 0 Å². The lowest BCUT2D eigenvalue weighted by molar-refractivity contribution is -0.275. The highest BCUT2D eigenvalue weighted by Gasteiger charge is 2.43. The Morgan fingerprint density at radius 2 is 1.86 bits per heavy atom. The Balaban J connectivity index is 1.78. The number of sulfonamides is 1. The summed E-state index contributed by atoms with van der Waals surface area (Å²) in [6.07, 6.45) is -3.60. The van der Waals surface area contributed by atoms with Crippen LogP contribution in [0.15, 0.2) is 65.7 Å². The van der Waals surface area contributed by atoms with Gasteiger partial charge in [0.2, 0.25) is 10.0 Å². The lowest BCUT2D eigenvalue weighted by Crippen LogP contribution is -2.50. The first-order valence-corrected chi connectivity index (χ1v) is 11.5. The molecule has 0 saturated carbocycles. The number of hydrogen-bond donors (Lipinski definition) is 2. The van der Waals surface area contributed by atoms with E-state index < -0.39 is 39.4 Å². The molecule has 0 bridgehead atoms. The van der Waals surface area contributed by atoms with Crippen molar-refractivity contribution >= 4 is 15.9 Å². The third kappa shape index (κ3) is 5.05. The van der Waals surface area contributed by atoms with E-state index in [2.05, 4.69) is 15.0 Å². The molecular weight excluding hydrogens is 494 g/mol. The predicted octanol–water partition coefficient (Wildman–Crippen LogP) is 3.22. The highest BCUT2D eigenvalue weighted by molar-refractivity contribution is 7.89. The Hall–Kier alpha value is -3.71. The molecule has 0 fully saturated rings. The maximum absolute atomic E-state index is 14.6. The lowest BCUT2D eigenvalue weighted by Gasteiger charge is -2.39. The summed E-state index contributed by atoms with van der Waals surface area (Å²) in [5.41, 5.74) is -1.12. The van der Waals surface area contributed by atoms with Gasteiger partial charge in [-0.15, -0.1) is 13.2 Å². The van der Waals surface area contributed by atoms with Gasteiger partial charge in [0.25, 0.3) is 5.91 Å². The minimum Gasteiger partial charge on any atom is -0.491 e. The quantitative estimate of drug-likeness (QED) is 0.508. The van der Waals surface area contributed by atoms with Gasteiger partial charge in [0.05, 0.1) is 11.5 Å². The van der Waals surface area contributed by atoms with Crippen LogP contribution in [0.1, 0.15) is 28.0 Å². The molecule has 0 aliphatic carbocycles. The summed E-state index contributed by atoms with van der Waals surface area (Å²) in [5, 5.41) is 7.86. The van der Waals surface area contributed by atoms with Crippen LogP contribution in [0.4, 0.5) is 17.6 Å². The average Bonchev–Trinajstić information content (AvgIpc) is 2.79. The molecule has 2 aromatic carbocycles. The van der Waals surface area contributed by atoms with Crippen molar-refractivity contribution in [2.24, 2.45) is 5.14 Å². The van der Waals surface area contributed by atoms with E-state index in [1.807, 2.05) is 0 Å². The SMILES string of the molecule is NS(=O)(=O)c1ccc(C(=O)N[C@]2(c3ccc(OC(F)(F)F)c(F)c3)CCOc3cccnc32)cc1. The van der Waals surface area contributed by atoms with Crippen molar-refractivity contribution in [2.75, 3.05) is 6.61 Å². The summed E-state index contributed by atoms with van der Waals surface area (Å²) in [6, 6.07) is 10.8. The van der Waals surface area contributed by atoms with E-state index in [1.165, 1.54) is 24.4 Å². The molecule has 0 saturated heterocycles. The van der Waals surface area contributed by atoms with E-state index in [-0.39, 0.29) is 34.7 Å². The molecule has 1 aliphatic heterocycles. The fraction of sp³-hybridized carbons (Fsp3) is 0.182. The molecule has 13 heteroatoms. The molecule has 1 amide bonds. The number of nitrogens with two attached hydrogens (primary N) is 1. The monoisotopic (exact) mass is 511 g/mol. The number of primary sulfonamides is 1. The van der Waals surface area contributed by atoms with E-state index in [0.29, 0.717) is 5.75 Å². The smallest absolute Gasteiger partial charge is 0.491 e. The Morgan fingerprint density at radius 3 is 2.49 bits per heavy atom. The van der Waals surface area contributed by atoms with Crippen LogP contribution in [0.3, 0.4) is 0 Å². The predicted molar refractivity (Wildman–Crippen MR) is 113 cm³/mol. The number of rotatable bonds is 5. The van der Waals surface area contributed by atoms with Gasteiger partial charge in [0.1, 0.15) is 17.0 Å². The Morgan fingerprint density at radius 1 is 1.14 bits per heavy atom. The zero-order chi connectivity index (χ0) is 25.4. The Kier molecular flexibility index (Phi) is 6.15. The third-order valence-electron chi connectivity index (χ3n) is 5.33. The van der Waals surface area contributed by atoms with Crippen molar-refractivity contribution in [3.63, 3.8) is 0 Å². The van der Waals surface area contributed by atoms with Gasteiger partial charge in [-0.3, -0.25) is 9.78 Å². The highest BCUT2D eigenvalue weighted by Crippen LogP contribution is 2.42. The van der Waals surface area contributed by atoms with E-state index in [0.717, 1.165) is 24.3 Å². The van der Waals surface area contributed by atoms with Crippen molar-refractivity contribution in [3.8, 4) is 11.5 Å². The van der Waals surface area contributed by atoms with E-state index in [4.69, 9.17) is 9.88 Å². The second-order valence-corrected chi connectivity index (χ2v) is 9.13. The van der Waals surface area contributed by atoms with Gasteiger partial charge in [-0.2, -0.15) is 0 Å². The number of pyridine rings is 1. The van der Waals surface area contributed by atoms with Gasteiger partial charge in [-0.05, 0) is 54.1 Å². The van der Waals surface area contributed by atoms with Crippen molar-refractivity contribution in [1.82, 2.24) is 10.3 Å². The van der Waals surface area contributed by atoms with E-state index >= 15 is 0 Å². The number of aromatic nitrogens is 1. The van der Waals surface area contributed by atoms with Crippen LogP contribution in [-0.4, -0.2) is 32.3 Å². The molecule has 1 aliphatic rings.